The van der Waals surface area contributed by atoms with Crippen molar-refractivity contribution in [1.29, 1.82) is 0 Å². The Morgan fingerprint density at radius 1 is 1.39 bits per heavy atom. The molecule has 18 heavy (non-hydrogen) atoms. The first kappa shape index (κ1) is 13.1. The van der Waals surface area contributed by atoms with Crippen molar-refractivity contribution in [1.82, 2.24) is 0 Å². The molecule has 0 bridgehead atoms. The SMILES string of the molecule is CCC(CC)C(=O)c1cc2c(cc1Cl)NC(=O)C2. The Hall–Kier alpha value is -1.35. The van der Waals surface area contributed by atoms with E-state index in [2.05, 4.69) is 5.32 Å². The molecule has 0 saturated heterocycles. The summed E-state index contributed by atoms with van der Waals surface area (Å²) >= 11 is 6.14. The van der Waals surface area contributed by atoms with Gasteiger partial charge in [-0.05, 0) is 30.5 Å². The summed E-state index contributed by atoms with van der Waals surface area (Å²) < 4.78 is 0. The lowest BCUT2D eigenvalue weighted by Crippen LogP contribution is -2.13. The van der Waals surface area contributed by atoms with Gasteiger partial charge in [-0.15, -0.1) is 0 Å². The molecule has 1 aromatic rings. The topological polar surface area (TPSA) is 46.2 Å². The molecule has 0 unspecified atom stereocenters. The Kier molecular flexibility index (Phi) is 3.71. The van der Waals surface area contributed by atoms with Gasteiger partial charge in [-0.1, -0.05) is 25.4 Å². The molecule has 0 saturated carbocycles. The number of rotatable bonds is 4. The second-order valence-electron chi connectivity index (χ2n) is 4.59. The largest absolute Gasteiger partial charge is 0.325 e. The van der Waals surface area contributed by atoms with Gasteiger partial charge < -0.3 is 5.32 Å². The number of Topliss-reactive ketones (excluding diaryl/α,β-unsaturated/α-hetero) is 1. The summed E-state index contributed by atoms with van der Waals surface area (Å²) in [5.41, 5.74) is 2.13. The van der Waals surface area contributed by atoms with E-state index in [4.69, 9.17) is 11.6 Å². The Bertz CT molecular complexity index is 507. The van der Waals surface area contributed by atoms with Crippen molar-refractivity contribution in [3.05, 3.63) is 28.3 Å². The van der Waals surface area contributed by atoms with Gasteiger partial charge in [0, 0.05) is 17.2 Å². The van der Waals surface area contributed by atoms with Gasteiger partial charge in [0.05, 0.1) is 11.4 Å². The number of benzene rings is 1. The zero-order chi connectivity index (χ0) is 13.3. The van der Waals surface area contributed by atoms with E-state index in [1.807, 2.05) is 13.8 Å². The first-order valence-corrected chi connectivity index (χ1v) is 6.61. The van der Waals surface area contributed by atoms with E-state index in [9.17, 15) is 9.59 Å². The van der Waals surface area contributed by atoms with Crippen molar-refractivity contribution >= 4 is 29.0 Å². The third kappa shape index (κ3) is 2.27. The Balaban J connectivity index is 2.38. The van der Waals surface area contributed by atoms with Crippen molar-refractivity contribution in [3.8, 4) is 0 Å². The van der Waals surface area contributed by atoms with Gasteiger partial charge in [0.2, 0.25) is 5.91 Å². The molecule has 4 heteroatoms. The molecule has 0 atom stereocenters. The van der Waals surface area contributed by atoms with E-state index in [1.165, 1.54) is 0 Å². The third-order valence-electron chi connectivity index (χ3n) is 3.44. The number of ketones is 1. The summed E-state index contributed by atoms with van der Waals surface area (Å²) in [6.07, 6.45) is 1.94. The van der Waals surface area contributed by atoms with Gasteiger partial charge in [-0.3, -0.25) is 9.59 Å². The molecule has 96 valence electrons. The van der Waals surface area contributed by atoms with E-state index in [0.29, 0.717) is 17.0 Å². The van der Waals surface area contributed by atoms with Crippen molar-refractivity contribution in [2.45, 2.75) is 33.1 Å². The van der Waals surface area contributed by atoms with Crippen LogP contribution < -0.4 is 5.32 Å². The molecule has 0 aromatic heterocycles. The lowest BCUT2D eigenvalue weighted by Gasteiger charge is -2.13. The average molecular weight is 266 g/mol. The number of nitrogens with one attached hydrogen (secondary N) is 1. The molecule has 0 fully saturated rings. The highest BCUT2D eigenvalue weighted by Crippen LogP contribution is 2.31. The molecule has 0 aliphatic carbocycles. The summed E-state index contributed by atoms with van der Waals surface area (Å²) in [6, 6.07) is 3.44. The number of carbonyl (C=O) groups is 2. The number of carbonyl (C=O) groups excluding carboxylic acids is 2. The van der Waals surface area contributed by atoms with Crippen LogP contribution in [0.1, 0.15) is 42.6 Å². The summed E-state index contributed by atoms with van der Waals surface area (Å²) in [7, 11) is 0. The molecule has 2 rings (SSSR count). The summed E-state index contributed by atoms with van der Waals surface area (Å²) in [4.78, 5) is 23.6. The van der Waals surface area contributed by atoms with Crippen LogP contribution in [0.3, 0.4) is 0 Å². The zero-order valence-electron chi connectivity index (χ0n) is 10.5. The first-order chi connectivity index (χ1) is 8.56. The van der Waals surface area contributed by atoms with Gasteiger partial charge in [-0.25, -0.2) is 0 Å². The predicted molar refractivity (Wildman–Crippen MR) is 72.2 cm³/mol. The summed E-state index contributed by atoms with van der Waals surface area (Å²) in [6.45, 7) is 4.00. The van der Waals surface area contributed by atoms with Crippen LogP contribution in [0.15, 0.2) is 12.1 Å². The molecular formula is C14H16ClNO2. The van der Waals surface area contributed by atoms with Crippen LogP contribution in [-0.2, 0) is 11.2 Å². The summed E-state index contributed by atoms with van der Waals surface area (Å²) in [5.74, 6) is 0.0333. The van der Waals surface area contributed by atoms with Crippen LogP contribution >= 0.6 is 11.6 Å². The van der Waals surface area contributed by atoms with E-state index in [-0.39, 0.29) is 17.6 Å². The minimum absolute atomic E-state index is 0.00520. The maximum Gasteiger partial charge on any atom is 0.228 e. The fourth-order valence-corrected chi connectivity index (χ4v) is 2.57. The molecule has 0 spiro atoms. The molecule has 1 aliphatic rings. The molecule has 1 N–H and O–H groups in total. The molecule has 1 heterocycles. The fraction of sp³-hybridized carbons (Fsp3) is 0.429. The quantitative estimate of drug-likeness (QED) is 0.848. The van der Waals surface area contributed by atoms with Crippen LogP contribution in [0.4, 0.5) is 5.69 Å². The van der Waals surface area contributed by atoms with Crippen molar-refractivity contribution < 1.29 is 9.59 Å². The fourth-order valence-electron chi connectivity index (χ4n) is 2.32. The average Bonchev–Trinajstić information content (AvgIpc) is 2.68. The van der Waals surface area contributed by atoms with Gasteiger partial charge in [-0.2, -0.15) is 0 Å². The monoisotopic (exact) mass is 265 g/mol. The number of amides is 1. The van der Waals surface area contributed by atoms with Crippen molar-refractivity contribution in [2.24, 2.45) is 5.92 Å². The minimum atomic E-state index is -0.0480. The highest BCUT2D eigenvalue weighted by Gasteiger charge is 2.24. The number of halogens is 1. The number of fused-ring (bicyclic) bond motifs is 1. The van der Waals surface area contributed by atoms with Crippen LogP contribution in [0.5, 0.6) is 0 Å². The van der Waals surface area contributed by atoms with Crippen molar-refractivity contribution in [3.63, 3.8) is 0 Å². The smallest absolute Gasteiger partial charge is 0.228 e. The lowest BCUT2D eigenvalue weighted by molar-refractivity contribution is -0.115. The Morgan fingerprint density at radius 3 is 2.67 bits per heavy atom. The minimum Gasteiger partial charge on any atom is -0.325 e. The molecule has 3 nitrogen and oxygen atoms in total. The number of anilines is 1. The summed E-state index contributed by atoms with van der Waals surface area (Å²) in [5, 5.41) is 3.15. The van der Waals surface area contributed by atoms with Gasteiger partial charge in [0.1, 0.15) is 0 Å². The van der Waals surface area contributed by atoms with E-state index in [1.54, 1.807) is 12.1 Å². The van der Waals surface area contributed by atoms with Crippen LogP contribution in [0.2, 0.25) is 5.02 Å². The highest BCUT2D eigenvalue weighted by molar-refractivity contribution is 6.34. The molecule has 1 aromatic carbocycles. The van der Waals surface area contributed by atoms with Crippen molar-refractivity contribution in [2.75, 3.05) is 5.32 Å². The molecular weight excluding hydrogens is 250 g/mol. The Morgan fingerprint density at radius 2 is 2.06 bits per heavy atom. The van der Waals surface area contributed by atoms with E-state index in [0.717, 1.165) is 24.1 Å². The molecule has 1 amide bonds. The van der Waals surface area contributed by atoms with Crippen LogP contribution in [0.25, 0.3) is 0 Å². The predicted octanol–water partition coefficient (Wildman–Crippen LogP) is 3.45. The second-order valence-corrected chi connectivity index (χ2v) is 5.00. The molecule has 0 radical (unpaired) electrons. The zero-order valence-corrected chi connectivity index (χ0v) is 11.3. The maximum absolute atomic E-state index is 12.3. The first-order valence-electron chi connectivity index (χ1n) is 6.23. The highest BCUT2D eigenvalue weighted by atomic mass is 35.5. The lowest BCUT2D eigenvalue weighted by atomic mass is 9.92. The Labute approximate surface area is 112 Å². The second kappa shape index (κ2) is 5.11. The van der Waals surface area contributed by atoms with Gasteiger partial charge in [0.25, 0.3) is 0 Å². The van der Waals surface area contributed by atoms with E-state index < -0.39 is 0 Å². The van der Waals surface area contributed by atoms with Gasteiger partial charge >= 0.3 is 0 Å². The normalized spacial score (nSPS) is 13.7. The van der Waals surface area contributed by atoms with E-state index >= 15 is 0 Å². The van der Waals surface area contributed by atoms with Gasteiger partial charge in [0.15, 0.2) is 5.78 Å². The third-order valence-corrected chi connectivity index (χ3v) is 3.75. The maximum atomic E-state index is 12.3. The number of hydrogen-bond acceptors (Lipinski definition) is 2. The standard InChI is InChI=1S/C14H16ClNO2/c1-3-8(4-2)14(18)10-5-9-6-13(17)16-12(9)7-11(10)15/h5,7-8H,3-4,6H2,1-2H3,(H,16,17). The molecule has 1 aliphatic heterocycles. The number of hydrogen-bond donors (Lipinski definition) is 1. The van der Waals surface area contributed by atoms with Crippen LogP contribution in [0, 0.1) is 5.92 Å². The van der Waals surface area contributed by atoms with Crippen LogP contribution in [-0.4, -0.2) is 11.7 Å².